The summed E-state index contributed by atoms with van der Waals surface area (Å²) in [5, 5.41) is 15.8. The maximum atomic E-state index is 12.8. The number of methoxy groups -OCH3 is 1. The number of nitrogens with one attached hydrogen (secondary N) is 5. The number of aromatic nitrogens is 10. The van der Waals surface area contributed by atoms with Gasteiger partial charge in [0, 0.05) is 199 Å². The lowest BCUT2D eigenvalue weighted by Crippen LogP contribution is -2.41. The molecule has 5 aromatic heterocycles. The summed E-state index contributed by atoms with van der Waals surface area (Å²) >= 11 is 15.2. The molecule has 10 heterocycles. The van der Waals surface area contributed by atoms with Gasteiger partial charge < -0.3 is 58.9 Å². The third-order valence-corrected chi connectivity index (χ3v) is 34.0. The SMILES string of the molecule is CC(C)n1cnc(S(=O)(=O)N2CCC(C(=O)Nc3ccc(Cl)cc3)CC2)c1.CC(C)n1cnc(S(=O)(=O)N2CCC(C(=O)Nc3cccc(Br)c3)CC2)c1.CC(C)n1cnc(S(=O)(=O)N2CCC(C(=O)Nc3cccc(Cl)c3)CC2)c1.CCOc1ccc(NC(=O)C2CCN(S(=O)(=O)c3cn(C(C)C)cn3)CC2)cc1.COc1ccc(NC(=O)C2CCN(S(=O)(=O)c3cn(C(C)C)cn3)CC2)cc1. The van der Waals surface area contributed by atoms with Crippen LogP contribution in [0.2, 0.25) is 10.0 Å². The average Bonchev–Trinajstić information content (AvgIpc) is 1.63. The molecule has 5 aliphatic rings. The van der Waals surface area contributed by atoms with Gasteiger partial charge in [0.25, 0.3) is 50.1 Å². The standard InChI is InChI=1S/C20H28N4O4S.C19H26N4O4S.C18H23BrN4O3S.2C18H23ClN4O3S/c1-4-28-18-7-5-17(6-8-18)22-20(25)16-9-11-24(12-10-16)29(26,27)19-13-23(14-21-19)15(2)3;1-14(2)22-12-18(20-13-22)28(25,26)23-10-8-15(9-11-23)19(24)21-16-4-6-17(27-3)7-5-16;1-13(2)22-11-17(20-12-22)27(25,26)23-8-6-14(7-9-23)18(24)21-16-5-3-4-15(19)10-16;1-13(2)22-11-17(20-12-22)27(25,26)23-9-7-14(8-10-23)18(24)21-16-5-3-15(19)4-6-16;1-13(2)22-11-17(20-12-22)27(25,26)23-8-6-14(7-9-23)18(24)21-16-5-3-4-15(19)10-16/h5-8,13-16H,4,9-12H2,1-3H3,(H,22,25);4-7,12-15H,8-11H2,1-3H3,(H,21,24);3-5,10-14H,6-9H2,1-2H3,(H,21,24);3-6,11-14H,7-10H2,1-2H3,(H,21,24);3-5,10-14H,6-9H2,1-2H3,(H,21,24). The minimum Gasteiger partial charge on any atom is -0.497 e. The molecule has 0 radical (unpaired) electrons. The highest BCUT2D eigenvalue weighted by Gasteiger charge is 2.40. The Bertz CT molecular complexity index is 6210. The van der Waals surface area contributed by atoms with Gasteiger partial charge in [0.1, 0.15) is 11.5 Å². The van der Waals surface area contributed by atoms with E-state index in [1.165, 1.54) is 53.2 Å². The van der Waals surface area contributed by atoms with Crippen molar-refractivity contribution in [2.24, 2.45) is 29.6 Å². The molecule has 5 saturated heterocycles. The van der Waals surface area contributed by atoms with E-state index in [0.717, 1.165) is 21.7 Å². The molecule has 5 aliphatic heterocycles. The largest absolute Gasteiger partial charge is 0.497 e. The van der Waals surface area contributed by atoms with Crippen LogP contribution < -0.4 is 36.1 Å². The number of nitrogens with zero attached hydrogens (tertiary/aromatic N) is 15. The molecule has 0 spiro atoms. The van der Waals surface area contributed by atoms with Gasteiger partial charge in [-0.1, -0.05) is 51.3 Å². The first-order valence-electron chi connectivity index (χ1n) is 45.8. The second-order valence-electron chi connectivity index (χ2n) is 35.3. The molecule has 5 aromatic carbocycles. The zero-order chi connectivity index (χ0) is 100. The van der Waals surface area contributed by atoms with E-state index in [0.29, 0.717) is 169 Å². The number of sulfonamides is 5. The fourth-order valence-corrected chi connectivity index (χ4v) is 23.2. The number of imidazole rings is 5. The molecule has 0 aliphatic carbocycles. The zero-order valence-corrected chi connectivity index (χ0v) is 86.4. The van der Waals surface area contributed by atoms with Crippen LogP contribution in [0.25, 0.3) is 0 Å². The second kappa shape index (κ2) is 48.7. The predicted octanol–water partition coefficient (Wildman–Crippen LogP) is 15.0. The normalized spacial score (nSPS) is 16.4. The van der Waals surface area contributed by atoms with E-state index in [1.54, 1.807) is 146 Å². The van der Waals surface area contributed by atoms with Gasteiger partial charge in [-0.2, -0.15) is 21.5 Å². The molecule has 37 nitrogen and oxygen atoms in total. The number of hydrogen-bond acceptors (Lipinski definition) is 22. The molecule has 45 heteroatoms. The van der Waals surface area contributed by atoms with Crippen LogP contribution in [0.1, 0.15) is 171 Å². The highest BCUT2D eigenvalue weighted by atomic mass is 79.9. The lowest BCUT2D eigenvalue weighted by Gasteiger charge is -2.30. The van der Waals surface area contributed by atoms with Crippen molar-refractivity contribution in [2.45, 2.75) is 196 Å². The van der Waals surface area contributed by atoms with E-state index in [1.807, 2.05) is 113 Å². The summed E-state index contributed by atoms with van der Waals surface area (Å²) in [7, 11) is -16.6. The number of ether oxygens (including phenoxy) is 2. The Balaban J connectivity index is 0.000000165. The van der Waals surface area contributed by atoms with Gasteiger partial charge in [0.2, 0.25) is 29.5 Å². The van der Waals surface area contributed by atoms with Gasteiger partial charge in [-0.25, -0.2) is 67.0 Å². The Morgan fingerprint density at radius 2 is 0.565 bits per heavy atom. The Kier molecular flexibility index (Phi) is 38.2. The molecule has 0 unspecified atom stereocenters. The smallest absolute Gasteiger partial charge is 0.262 e. The summed E-state index contributed by atoms with van der Waals surface area (Å²) in [6.07, 6.45) is 20.2. The summed E-state index contributed by atoms with van der Waals surface area (Å²) in [6.45, 7) is 25.2. The van der Waals surface area contributed by atoms with E-state index < -0.39 is 50.1 Å². The van der Waals surface area contributed by atoms with Crippen LogP contribution in [0.4, 0.5) is 28.4 Å². The van der Waals surface area contributed by atoms with Crippen molar-refractivity contribution >= 4 is 147 Å². The van der Waals surface area contributed by atoms with Gasteiger partial charge in [-0.05, 0) is 250 Å². The maximum absolute atomic E-state index is 12.8. The molecule has 15 rings (SSSR count). The number of carbonyl (C=O) groups excluding carboxylic acids is 5. The number of anilines is 5. The molecule has 0 saturated carbocycles. The molecule has 5 amide bonds. The van der Waals surface area contributed by atoms with Crippen molar-refractivity contribution in [3.05, 3.63) is 198 Å². The van der Waals surface area contributed by atoms with Crippen LogP contribution in [-0.2, 0) is 74.1 Å². The molecule has 0 atom stereocenters. The van der Waals surface area contributed by atoms with Crippen molar-refractivity contribution in [1.82, 2.24) is 69.3 Å². The van der Waals surface area contributed by atoms with Gasteiger partial charge in [-0.3, -0.25) is 24.0 Å². The number of rotatable bonds is 28. The molecule has 5 N–H and O–H groups in total. The van der Waals surface area contributed by atoms with Gasteiger partial charge in [0.15, 0.2) is 25.1 Å². The lowest BCUT2D eigenvalue weighted by atomic mass is 9.97. The van der Waals surface area contributed by atoms with Crippen LogP contribution in [0.3, 0.4) is 0 Å². The zero-order valence-electron chi connectivity index (χ0n) is 79.3. The summed E-state index contributed by atoms with van der Waals surface area (Å²) < 4.78 is 155. The van der Waals surface area contributed by atoms with E-state index >= 15 is 0 Å². The summed E-state index contributed by atoms with van der Waals surface area (Å²) in [5.41, 5.74) is 3.44. The lowest BCUT2D eigenvalue weighted by molar-refractivity contribution is -0.121. The highest BCUT2D eigenvalue weighted by molar-refractivity contribution is 9.10. The van der Waals surface area contributed by atoms with Gasteiger partial charge in [0.05, 0.1) is 45.4 Å². The third kappa shape index (κ3) is 29.0. The van der Waals surface area contributed by atoms with Crippen LogP contribution >= 0.6 is 39.1 Å². The predicted molar refractivity (Wildman–Crippen MR) is 531 cm³/mol. The fourth-order valence-electron chi connectivity index (χ4n) is 15.5. The Morgan fingerprint density at radius 1 is 0.333 bits per heavy atom. The summed E-state index contributed by atoms with van der Waals surface area (Å²) in [6, 6.07) is 36.3. The first kappa shape index (κ1) is 108. The topological polar surface area (TPSA) is 440 Å². The van der Waals surface area contributed by atoms with Gasteiger partial charge >= 0.3 is 0 Å². The van der Waals surface area contributed by atoms with Crippen molar-refractivity contribution in [2.75, 3.05) is 106 Å². The number of piperidine rings is 5. The van der Waals surface area contributed by atoms with Crippen LogP contribution in [0.15, 0.2) is 214 Å². The van der Waals surface area contributed by atoms with Crippen LogP contribution in [0.5, 0.6) is 11.5 Å². The van der Waals surface area contributed by atoms with Crippen molar-refractivity contribution in [3.8, 4) is 11.5 Å². The maximum Gasteiger partial charge on any atom is 0.262 e. The van der Waals surface area contributed by atoms with Crippen molar-refractivity contribution in [3.63, 3.8) is 0 Å². The Morgan fingerprint density at radius 3 is 0.790 bits per heavy atom. The van der Waals surface area contributed by atoms with Crippen molar-refractivity contribution in [1.29, 1.82) is 0 Å². The first-order valence-corrected chi connectivity index (χ1v) is 54.5. The van der Waals surface area contributed by atoms with Crippen LogP contribution in [-0.4, -0.2) is 220 Å². The van der Waals surface area contributed by atoms with Crippen molar-refractivity contribution < 1.29 is 75.5 Å². The first-order chi connectivity index (χ1) is 65.4. The van der Waals surface area contributed by atoms with Crippen LogP contribution in [0, 0.1) is 29.6 Å². The third-order valence-electron chi connectivity index (χ3n) is 24.1. The minimum atomic E-state index is -3.64. The van der Waals surface area contributed by atoms with E-state index in [-0.39, 0.29) is 114 Å². The number of carbonyl (C=O) groups is 5. The molecule has 748 valence electrons. The quantitative estimate of drug-likeness (QED) is 0.0304. The second-order valence-corrected chi connectivity index (χ2v) is 46.5. The number of amides is 5. The monoisotopic (exact) mass is 2100 g/mol. The van der Waals surface area contributed by atoms with E-state index in [9.17, 15) is 66.1 Å². The average molecular weight is 2100 g/mol. The molecule has 5 fully saturated rings. The highest BCUT2D eigenvalue weighted by Crippen LogP contribution is 2.34. The summed E-state index contributed by atoms with van der Waals surface area (Å²) in [5.74, 6) is -0.0938. The summed E-state index contributed by atoms with van der Waals surface area (Å²) in [4.78, 5) is 82.7. The Hall–Kier alpha value is -10.3. The molecule has 138 heavy (non-hydrogen) atoms. The van der Waals surface area contributed by atoms with Gasteiger partial charge in [-0.15, -0.1) is 0 Å². The molecular weight excluding hydrogens is 1980 g/mol. The number of benzene rings is 5. The minimum absolute atomic E-state index is 0.0537. The molecule has 0 bridgehead atoms. The Labute approximate surface area is 827 Å². The molecular formula is C93H123BrCl2N20O17S5. The fraction of sp³-hybridized carbons (Fsp3) is 0.462. The number of halogens is 3. The number of hydrogen-bond donors (Lipinski definition) is 5. The van der Waals surface area contributed by atoms with E-state index in [4.69, 9.17) is 32.7 Å². The van der Waals surface area contributed by atoms with E-state index in [2.05, 4.69) is 67.4 Å². The molecule has 10 aromatic rings.